The van der Waals surface area contributed by atoms with Crippen LogP contribution in [0.3, 0.4) is 0 Å². The molecule has 0 fully saturated rings. The van der Waals surface area contributed by atoms with E-state index in [9.17, 15) is 0 Å². The molecule has 5 nitrogen and oxygen atoms in total. The summed E-state index contributed by atoms with van der Waals surface area (Å²) in [6, 6.07) is 6.47. The molecule has 0 aliphatic heterocycles. The summed E-state index contributed by atoms with van der Waals surface area (Å²) in [5.74, 6) is 0.575. The minimum absolute atomic E-state index is 0.575. The zero-order valence-electron chi connectivity index (χ0n) is 13.3. The Labute approximate surface area is 126 Å². The zero-order chi connectivity index (χ0) is 15.2. The summed E-state index contributed by atoms with van der Waals surface area (Å²) in [5.41, 5.74) is 3.32. The van der Waals surface area contributed by atoms with E-state index in [1.54, 1.807) is 0 Å². The van der Waals surface area contributed by atoms with E-state index < -0.39 is 0 Å². The van der Waals surface area contributed by atoms with Crippen LogP contribution in [0.5, 0.6) is 0 Å². The smallest absolute Gasteiger partial charge is 0.249 e. The highest BCUT2D eigenvalue weighted by atomic mass is 16.4. The third kappa shape index (κ3) is 3.17. The van der Waals surface area contributed by atoms with Crippen molar-refractivity contribution in [3.05, 3.63) is 24.6 Å². The minimum Gasteiger partial charge on any atom is -0.423 e. The largest absolute Gasteiger partial charge is 0.423 e. The summed E-state index contributed by atoms with van der Waals surface area (Å²) in [6.45, 7) is 12.5. The molecule has 0 aliphatic carbocycles. The number of anilines is 2. The molecule has 0 saturated heterocycles. The van der Waals surface area contributed by atoms with Gasteiger partial charge in [-0.05, 0) is 45.9 Å². The van der Waals surface area contributed by atoms with Crippen molar-refractivity contribution in [2.24, 2.45) is 0 Å². The second kappa shape index (κ2) is 7.11. The van der Waals surface area contributed by atoms with Gasteiger partial charge in [0.15, 0.2) is 0 Å². The second-order valence-electron chi connectivity index (χ2n) is 4.79. The number of nitrogens with zero attached hydrogens (tertiary/aromatic N) is 4. The first-order valence-corrected chi connectivity index (χ1v) is 7.65. The van der Waals surface area contributed by atoms with Gasteiger partial charge in [-0.3, -0.25) is 0 Å². The molecule has 0 radical (unpaired) electrons. The van der Waals surface area contributed by atoms with Crippen molar-refractivity contribution in [2.45, 2.75) is 27.7 Å². The van der Waals surface area contributed by atoms with Crippen LogP contribution < -0.4 is 9.80 Å². The monoisotopic (exact) mass is 288 g/mol. The van der Waals surface area contributed by atoms with Crippen LogP contribution in [-0.2, 0) is 0 Å². The van der Waals surface area contributed by atoms with Gasteiger partial charge in [0, 0.05) is 37.6 Å². The Morgan fingerprint density at radius 3 is 2.14 bits per heavy atom. The first kappa shape index (κ1) is 15.4. The highest BCUT2D eigenvalue weighted by Crippen LogP contribution is 2.33. The summed E-state index contributed by atoms with van der Waals surface area (Å²) in [4.78, 5) is 4.61. The van der Waals surface area contributed by atoms with E-state index >= 15 is 0 Å². The number of hydrogen-bond acceptors (Lipinski definition) is 5. The molecule has 0 unspecified atom stereocenters. The predicted octanol–water partition coefficient (Wildman–Crippen LogP) is 3.43. The average molecular weight is 288 g/mol. The average Bonchev–Trinajstić information content (AvgIpc) is 3.05. The molecule has 21 heavy (non-hydrogen) atoms. The molecule has 0 aliphatic rings. The Balaban J connectivity index is 2.51. The fraction of sp³-hybridized carbons (Fsp3) is 0.500. The third-order valence-corrected chi connectivity index (χ3v) is 3.80. The highest BCUT2D eigenvalue weighted by molar-refractivity contribution is 5.77. The molecule has 0 saturated carbocycles. The van der Waals surface area contributed by atoms with Gasteiger partial charge in [0.2, 0.25) is 12.3 Å². The van der Waals surface area contributed by atoms with Gasteiger partial charge in [-0.25, -0.2) is 0 Å². The SMILES string of the molecule is CCN(CC)c1ccc(N(CC)CC)c(-c2nnco2)c1. The van der Waals surface area contributed by atoms with Gasteiger partial charge in [0.1, 0.15) is 0 Å². The van der Waals surface area contributed by atoms with E-state index in [-0.39, 0.29) is 0 Å². The van der Waals surface area contributed by atoms with Gasteiger partial charge in [-0.15, -0.1) is 10.2 Å². The van der Waals surface area contributed by atoms with Gasteiger partial charge in [-0.2, -0.15) is 0 Å². The molecular formula is C16H24N4O. The fourth-order valence-corrected chi connectivity index (χ4v) is 2.61. The highest BCUT2D eigenvalue weighted by Gasteiger charge is 2.16. The number of aromatic nitrogens is 2. The summed E-state index contributed by atoms with van der Waals surface area (Å²) in [7, 11) is 0. The van der Waals surface area contributed by atoms with Gasteiger partial charge in [-0.1, -0.05) is 0 Å². The maximum Gasteiger partial charge on any atom is 0.249 e. The third-order valence-electron chi connectivity index (χ3n) is 3.80. The lowest BCUT2D eigenvalue weighted by Crippen LogP contribution is -2.24. The number of hydrogen-bond donors (Lipinski definition) is 0. The maximum atomic E-state index is 5.43. The molecule has 1 heterocycles. The maximum absolute atomic E-state index is 5.43. The molecule has 5 heteroatoms. The van der Waals surface area contributed by atoms with E-state index in [4.69, 9.17) is 4.42 Å². The standard InChI is InChI=1S/C16H24N4O/c1-5-19(6-2)13-9-10-15(20(7-3)8-4)14(11-13)16-18-17-12-21-16/h9-12H,5-8H2,1-4H3. The van der Waals surface area contributed by atoms with Gasteiger partial charge >= 0.3 is 0 Å². The Bertz CT molecular complexity index is 545. The van der Waals surface area contributed by atoms with Gasteiger partial charge in [0.25, 0.3) is 0 Å². The molecule has 0 amide bonds. The topological polar surface area (TPSA) is 45.4 Å². The van der Waals surface area contributed by atoms with Crippen LogP contribution in [-0.4, -0.2) is 36.4 Å². The molecular weight excluding hydrogens is 264 g/mol. The zero-order valence-corrected chi connectivity index (χ0v) is 13.3. The lowest BCUT2D eigenvalue weighted by Gasteiger charge is -2.26. The Morgan fingerprint density at radius 1 is 0.952 bits per heavy atom. The molecule has 2 aromatic rings. The van der Waals surface area contributed by atoms with Crippen LogP contribution in [0.25, 0.3) is 11.5 Å². The molecule has 1 aromatic carbocycles. The molecule has 0 N–H and O–H groups in total. The van der Waals surface area contributed by atoms with Crippen LogP contribution in [0.4, 0.5) is 11.4 Å². The van der Waals surface area contributed by atoms with E-state index in [2.05, 4.69) is 65.9 Å². The van der Waals surface area contributed by atoms with E-state index in [0.29, 0.717) is 5.89 Å². The van der Waals surface area contributed by atoms with Crippen molar-refractivity contribution in [2.75, 3.05) is 36.0 Å². The summed E-state index contributed by atoms with van der Waals surface area (Å²) in [6.07, 6.45) is 1.38. The Morgan fingerprint density at radius 2 is 1.62 bits per heavy atom. The van der Waals surface area contributed by atoms with E-state index in [0.717, 1.165) is 37.4 Å². The van der Waals surface area contributed by atoms with E-state index in [1.165, 1.54) is 12.1 Å². The Hall–Kier alpha value is -2.04. The van der Waals surface area contributed by atoms with E-state index in [1.807, 2.05) is 0 Å². The molecule has 114 valence electrons. The van der Waals surface area contributed by atoms with Crippen molar-refractivity contribution in [3.63, 3.8) is 0 Å². The van der Waals surface area contributed by atoms with Crippen LogP contribution in [0.15, 0.2) is 29.0 Å². The van der Waals surface area contributed by atoms with Crippen molar-refractivity contribution < 1.29 is 4.42 Å². The van der Waals surface area contributed by atoms with Crippen LogP contribution >= 0.6 is 0 Å². The molecule has 2 rings (SSSR count). The van der Waals surface area contributed by atoms with Gasteiger partial charge in [0.05, 0.1) is 5.56 Å². The molecule has 1 aromatic heterocycles. The summed E-state index contributed by atoms with van der Waals surface area (Å²) < 4.78 is 5.43. The molecule has 0 atom stereocenters. The quantitative estimate of drug-likeness (QED) is 0.781. The summed E-state index contributed by atoms with van der Waals surface area (Å²) in [5, 5.41) is 7.91. The number of benzene rings is 1. The summed E-state index contributed by atoms with van der Waals surface area (Å²) >= 11 is 0. The van der Waals surface area contributed by atoms with Crippen molar-refractivity contribution in [3.8, 4) is 11.5 Å². The Kier molecular flexibility index (Phi) is 5.20. The first-order valence-electron chi connectivity index (χ1n) is 7.65. The molecule has 0 bridgehead atoms. The van der Waals surface area contributed by atoms with Crippen molar-refractivity contribution >= 4 is 11.4 Å². The van der Waals surface area contributed by atoms with Crippen LogP contribution in [0.2, 0.25) is 0 Å². The van der Waals surface area contributed by atoms with Crippen molar-refractivity contribution in [1.29, 1.82) is 0 Å². The number of rotatable bonds is 7. The predicted molar refractivity (Wildman–Crippen MR) is 86.9 cm³/mol. The molecule has 0 spiro atoms. The fourth-order valence-electron chi connectivity index (χ4n) is 2.61. The van der Waals surface area contributed by atoms with Crippen LogP contribution in [0, 0.1) is 0 Å². The lowest BCUT2D eigenvalue weighted by molar-refractivity contribution is 0.568. The normalized spacial score (nSPS) is 10.7. The van der Waals surface area contributed by atoms with Gasteiger partial charge < -0.3 is 14.2 Å². The first-order chi connectivity index (χ1) is 10.2. The van der Waals surface area contributed by atoms with Crippen molar-refractivity contribution in [1.82, 2.24) is 10.2 Å². The van der Waals surface area contributed by atoms with Crippen LogP contribution in [0.1, 0.15) is 27.7 Å². The lowest BCUT2D eigenvalue weighted by atomic mass is 10.1. The second-order valence-corrected chi connectivity index (χ2v) is 4.79. The minimum atomic E-state index is 0.575.